The van der Waals surface area contributed by atoms with Crippen LogP contribution in [0.1, 0.15) is 5.89 Å². The standard InChI is InChI=1S/C15H9BrClN3O4/c16-10-3-1-2-9(6-10)15-18-14(24-19-15)8-23-13-5-4-11(17)7-12(13)20(21)22/h1-7H,8H2. The van der Waals surface area contributed by atoms with E-state index in [4.69, 9.17) is 20.9 Å². The molecule has 0 aliphatic carbocycles. The number of halogens is 2. The largest absolute Gasteiger partial charge is 0.477 e. The third kappa shape index (κ3) is 3.72. The van der Waals surface area contributed by atoms with Gasteiger partial charge in [0.15, 0.2) is 12.4 Å². The van der Waals surface area contributed by atoms with Gasteiger partial charge in [0.05, 0.1) is 4.92 Å². The lowest BCUT2D eigenvalue weighted by atomic mass is 10.2. The molecule has 0 unspecified atom stereocenters. The molecule has 7 nitrogen and oxygen atoms in total. The Labute approximate surface area is 149 Å². The lowest BCUT2D eigenvalue weighted by molar-refractivity contribution is -0.385. The van der Waals surface area contributed by atoms with Crippen LogP contribution in [0.4, 0.5) is 5.69 Å². The number of hydrogen-bond donors (Lipinski definition) is 0. The molecule has 2 aromatic carbocycles. The van der Waals surface area contributed by atoms with Gasteiger partial charge in [-0.2, -0.15) is 4.98 Å². The Hall–Kier alpha value is -2.45. The fourth-order valence-electron chi connectivity index (χ4n) is 1.95. The van der Waals surface area contributed by atoms with Gasteiger partial charge in [-0.05, 0) is 24.3 Å². The molecular formula is C15H9BrClN3O4. The highest BCUT2D eigenvalue weighted by atomic mass is 79.9. The molecule has 0 bridgehead atoms. The first-order chi connectivity index (χ1) is 11.5. The van der Waals surface area contributed by atoms with E-state index in [1.54, 1.807) is 0 Å². The van der Waals surface area contributed by atoms with Crippen LogP contribution in [0.2, 0.25) is 5.02 Å². The first kappa shape index (κ1) is 16.4. The van der Waals surface area contributed by atoms with Crippen LogP contribution in [0.3, 0.4) is 0 Å². The highest BCUT2D eigenvalue weighted by molar-refractivity contribution is 9.10. The van der Waals surface area contributed by atoms with E-state index in [0.29, 0.717) is 5.82 Å². The third-order valence-corrected chi connectivity index (χ3v) is 3.75. The van der Waals surface area contributed by atoms with E-state index < -0.39 is 4.92 Å². The predicted molar refractivity (Wildman–Crippen MR) is 89.9 cm³/mol. The maximum atomic E-state index is 11.0. The van der Waals surface area contributed by atoms with E-state index in [1.807, 2.05) is 24.3 Å². The van der Waals surface area contributed by atoms with Gasteiger partial charge in [-0.15, -0.1) is 0 Å². The SMILES string of the molecule is O=[N+]([O-])c1cc(Cl)ccc1OCc1nc(-c2cccc(Br)c2)no1. The average molecular weight is 411 g/mol. The predicted octanol–water partition coefficient (Wildman–Crippen LogP) is 4.64. The van der Waals surface area contributed by atoms with E-state index in [-0.39, 0.29) is 29.0 Å². The van der Waals surface area contributed by atoms with Crippen molar-refractivity contribution in [1.29, 1.82) is 0 Å². The number of ether oxygens (including phenoxy) is 1. The van der Waals surface area contributed by atoms with E-state index in [2.05, 4.69) is 26.1 Å². The Morgan fingerprint density at radius 2 is 2.12 bits per heavy atom. The first-order valence-corrected chi connectivity index (χ1v) is 7.85. The molecule has 9 heteroatoms. The summed E-state index contributed by atoms with van der Waals surface area (Å²) in [7, 11) is 0. The van der Waals surface area contributed by atoms with Crippen molar-refractivity contribution in [3.8, 4) is 17.1 Å². The molecule has 0 amide bonds. The number of hydrogen-bond acceptors (Lipinski definition) is 6. The minimum absolute atomic E-state index is 0.0756. The summed E-state index contributed by atoms with van der Waals surface area (Å²) in [6.45, 7) is -0.0938. The second-order valence-corrected chi connectivity index (χ2v) is 6.03. The van der Waals surface area contributed by atoms with E-state index in [0.717, 1.165) is 10.0 Å². The van der Waals surface area contributed by atoms with Gasteiger partial charge >= 0.3 is 5.69 Å². The Morgan fingerprint density at radius 1 is 1.29 bits per heavy atom. The van der Waals surface area contributed by atoms with E-state index in [1.165, 1.54) is 18.2 Å². The molecule has 1 heterocycles. The minimum atomic E-state index is -0.568. The quantitative estimate of drug-likeness (QED) is 0.449. The van der Waals surface area contributed by atoms with Crippen molar-refractivity contribution >= 4 is 33.2 Å². The molecular weight excluding hydrogens is 402 g/mol. The molecule has 0 aliphatic heterocycles. The lowest BCUT2D eigenvalue weighted by Gasteiger charge is -2.04. The van der Waals surface area contributed by atoms with Gasteiger partial charge in [-0.1, -0.05) is 44.8 Å². The molecule has 0 radical (unpaired) electrons. The molecule has 3 aromatic rings. The first-order valence-electron chi connectivity index (χ1n) is 6.68. The summed E-state index contributed by atoms with van der Waals surface area (Å²) < 4.78 is 11.4. The fraction of sp³-hybridized carbons (Fsp3) is 0.0667. The van der Waals surface area contributed by atoms with Crippen molar-refractivity contribution in [3.05, 3.63) is 68.0 Å². The van der Waals surface area contributed by atoms with Crippen molar-refractivity contribution < 1.29 is 14.2 Å². The molecule has 24 heavy (non-hydrogen) atoms. The minimum Gasteiger partial charge on any atom is -0.477 e. The molecule has 0 aliphatic rings. The van der Waals surface area contributed by atoms with Crippen LogP contribution < -0.4 is 4.74 Å². The van der Waals surface area contributed by atoms with Crippen LogP contribution in [0.5, 0.6) is 5.75 Å². The second-order valence-electron chi connectivity index (χ2n) is 4.68. The number of nitrogens with zero attached hydrogens (tertiary/aromatic N) is 3. The molecule has 0 fully saturated rings. The third-order valence-electron chi connectivity index (χ3n) is 3.02. The normalized spacial score (nSPS) is 10.6. The van der Waals surface area contributed by atoms with Crippen molar-refractivity contribution in [1.82, 2.24) is 10.1 Å². The van der Waals surface area contributed by atoms with Crippen LogP contribution in [0, 0.1) is 10.1 Å². The van der Waals surface area contributed by atoms with Gasteiger partial charge in [0.1, 0.15) is 0 Å². The lowest BCUT2D eigenvalue weighted by Crippen LogP contribution is -1.99. The summed E-state index contributed by atoms with van der Waals surface area (Å²) in [6, 6.07) is 11.6. The van der Waals surface area contributed by atoms with Crippen LogP contribution in [-0.2, 0) is 6.61 Å². The van der Waals surface area contributed by atoms with E-state index in [9.17, 15) is 10.1 Å². The summed E-state index contributed by atoms with van der Waals surface area (Å²) in [5, 5.41) is 15.1. The molecule has 0 spiro atoms. The van der Waals surface area contributed by atoms with Crippen LogP contribution in [0.15, 0.2) is 51.5 Å². The second kappa shape index (κ2) is 6.98. The zero-order chi connectivity index (χ0) is 17.1. The van der Waals surface area contributed by atoms with Gasteiger partial charge in [0, 0.05) is 21.1 Å². The molecule has 0 saturated heterocycles. The van der Waals surface area contributed by atoms with Gasteiger partial charge < -0.3 is 9.26 Å². The smallest absolute Gasteiger partial charge is 0.312 e. The highest BCUT2D eigenvalue weighted by Gasteiger charge is 2.17. The number of aromatic nitrogens is 2. The number of nitro benzene ring substituents is 1. The average Bonchev–Trinajstić information content (AvgIpc) is 3.02. The molecule has 3 rings (SSSR count). The van der Waals surface area contributed by atoms with Gasteiger partial charge in [-0.3, -0.25) is 10.1 Å². The van der Waals surface area contributed by atoms with Crippen LogP contribution in [-0.4, -0.2) is 15.1 Å². The maximum Gasteiger partial charge on any atom is 0.312 e. The summed E-state index contributed by atoms with van der Waals surface area (Å²) in [5.74, 6) is 0.682. The van der Waals surface area contributed by atoms with Crippen molar-refractivity contribution in [3.63, 3.8) is 0 Å². The Morgan fingerprint density at radius 3 is 2.88 bits per heavy atom. The Balaban J connectivity index is 1.76. The zero-order valence-electron chi connectivity index (χ0n) is 12.0. The van der Waals surface area contributed by atoms with Gasteiger partial charge in [0.2, 0.25) is 5.82 Å². The van der Waals surface area contributed by atoms with Crippen LogP contribution in [0.25, 0.3) is 11.4 Å². The van der Waals surface area contributed by atoms with Crippen molar-refractivity contribution in [2.75, 3.05) is 0 Å². The van der Waals surface area contributed by atoms with E-state index >= 15 is 0 Å². The molecule has 0 saturated carbocycles. The fourth-order valence-corrected chi connectivity index (χ4v) is 2.52. The molecule has 1 aromatic heterocycles. The number of rotatable bonds is 5. The summed E-state index contributed by atoms with van der Waals surface area (Å²) >= 11 is 9.13. The zero-order valence-corrected chi connectivity index (χ0v) is 14.3. The Kier molecular flexibility index (Phi) is 4.77. The monoisotopic (exact) mass is 409 g/mol. The Bertz CT molecular complexity index is 900. The van der Waals surface area contributed by atoms with Gasteiger partial charge in [-0.25, -0.2) is 0 Å². The number of benzene rings is 2. The summed E-state index contributed by atoms with van der Waals surface area (Å²) in [4.78, 5) is 14.7. The van der Waals surface area contributed by atoms with Crippen LogP contribution >= 0.6 is 27.5 Å². The van der Waals surface area contributed by atoms with Crippen molar-refractivity contribution in [2.45, 2.75) is 6.61 Å². The maximum absolute atomic E-state index is 11.0. The summed E-state index contributed by atoms with van der Waals surface area (Å²) in [5.41, 5.74) is 0.547. The van der Waals surface area contributed by atoms with Crippen molar-refractivity contribution in [2.24, 2.45) is 0 Å². The molecule has 122 valence electrons. The molecule has 0 atom stereocenters. The number of nitro groups is 1. The summed E-state index contributed by atoms with van der Waals surface area (Å²) in [6.07, 6.45) is 0. The van der Waals surface area contributed by atoms with Gasteiger partial charge in [0.25, 0.3) is 5.89 Å². The highest BCUT2D eigenvalue weighted by Crippen LogP contribution is 2.30. The molecule has 0 N–H and O–H groups in total. The topological polar surface area (TPSA) is 91.3 Å².